The van der Waals surface area contributed by atoms with Gasteiger partial charge in [-0.1, -0.05) is 198 Å². The van der Waals surface area contributed by atoms with Crippen LogP contribution in [0.5, 0.6) is 0 Å². The van der Waals surface area contributed by atoms with E-state index in [0.29, 0.717) is 0 Å². The maximum absolute atomic E-state index is 2.49. The Morgan fingerprint density at radius 1 is 0.286 bits per heavy atom. The molecule has 0 fully saturated rings. The van der Waals surface area contributed by atoms with Gasteiger partial charge in [-0.2, -0.15) is 0 Å². The van der Waals surface area contributed by atoms with Gasteiger partial charge in [0, 0.05) is 66.8 Å². The van der Waals surface area contributed by atoms with Crippen molar-refractivity contribution in [2.75, 3.05) is 9.80 Å². The third-order valence-corrected chi connectivity index (χ3v) is 17.1. The zero-order valence-corrected chi connectivity index (χ0v) is 43.7. The molecule has 13 aromatic rings. The van der Waals surface area contributed by atoms with Gasteiger partial charge in [-0.05, 0) is 163 Å². The van der Waals surface area contributed by atoms with Gasteiger partial charge in [0.2, 0.25) is 0 Å². The molecule has 0 spiro atoms. The van der Waals surface area contributed by atoms with Crippen LogP contribution < -0.4 is 9.80 Å². The van der Waals surface area contributed by atoms with Crippen LogP contribution in [-0.2, 0) is 10.8 Å². The van der Waals surface area contributed by atoms with E-state index in [4.69, 9.17) is 0 Å². The van der Waals surface area contributed by atoms with Crippen LogP contribution in [0.15, 0.2) is 261 Å². The van der Waals surface area contributed by atoms with E-state index in [2.05, 4.69) is 303 Å². The molecule has 0 atom stereocenters. The monoisotopic (exact) mass is 985 g/mol. The fourth-order valence-corrected chi connectivity index (χ4v) is 13.4. The predicted octanol–water partition coefficient (Wildman–Crippen LogP) is 20.3. The zero-order chi connectivity index (χ0) is 51.6. The highest BCUT2D eigenvalue weighted by molar-refractivity contribution is 6.32. The van der Waals surface area contributed by atoms with E-state index in [1.807, 2.05) is 0 Å². The van der Waals surface area contributed by atoms with E-state index in [0.717, 1.165) is 50.9 Å². The van der Waals surface area contributed by atoms with Gasteiger partial charge in [-0.3, -0.25) is 0 Å². The average Bonchev–Trinajstić information content (AvgIpc) is 4.12. The highest BCUT2D eigenvalue weighted by atomic mass is 15.2. The van der Waals surface area contributed by atoms with Crippen molar-refractivity contribution < 1.29 is 0 Å². The summed E-state index contributed by atoms with van der Waals surface area (Å²) in [4.78, 5) is 4.94. The quantitative estimate of drug-likeness (QED) is 0.141. The first-order valence-electron chi connectivity index (χ1n) is 27.0. The van der Waals surface area contributed by atoms with Crippen LogP contribution in [-0.4, -0.2) is 4.57 Å². The van der Waals surface area contributed by atoms with Crippen molar-refractivity contribution in [2.24, 2.45) is 0 Å². The Hall–Kier alpha value is -9.44. The molecule has 0 saturated heterocycles. The molecule has 1 aromatic heterocycles. The number of para-hydroxylation sites is 3. The molecule has 3 nitrogen and oxygen atoms in total. The minimum Gasteiger partial charge on any atom is -0.310 e. The number of benzene rings is 12. The van der Waals surface area contributed by atoms with E-state index in [-0.39, 0.29) is 10.8 Å². The fraction of sp³-hybridized carbons (Fsp3) is 0.0811. The second-order valence-electron chi connectivity index (χ2n) is 22.1. The molecule has 3 heteroatoms. The van der Waals surface area contributed by atoms with Crippen molar-refractivity contribution in [3.8, 4) is 39.1 Å². The molecule has 2 aliphatic rings. The first kappa shape index (κ1) is 45.0. The normalized spacial score (nSPS) is 13.7. The van der Waals surface area contributed by atoms with Gasteiger partial charge < -0.3 is 14.4 Å². The van der Waals surface area contributed by atoms with Gasteiger partial charge in [0.1, 0.15) is 0 Å². The number of rotatable bonds is 8. The number of hydrogen-bond acceptors (Lipinski definition) is 2. The summed E-state index contributed by atoms with van der Waals surface area (Å²) in [7, 11) is 0. The van der Waals surface area contributed by atoms with Crippen LogP contribution in [0.2, 0.25) is 0 Å². The minimum absolute atomic E-state index is 0.174. The van der Waals surface area contributed by atoms with Crippen molar-refractivity contribution in [1.29, 1.82) is 0 Å². The topological polar surface area (TPSA) is 11.4 Å². The molecule has 77 heavy (non-hydrogen) atoms. The summed E-state index contributed by atoms with van der Waals surface area (Å²) in [5.74, 6) is 0. The Labute approximate surface area is 450 Å². The Kier molecular flexibility index (Phi) is 9.96. The van der Waals surface area contributed by atoms with Gasteiger partial charge in [-0.15, -0.1) is 0 Å². The maximum atomic E-state index is 2.49. The van der Waals surface area contributed by atoms with Crippen LogP contribution in [0.1, 0.15) is 49.9 Å². The lowest BCUT2D eigenvalue weighted by Crippen LogP contribution is -2.17. The van der Waals surface area contributed by atoms with Crippen molar-refractivity contribution in [3.63, 3.8) is 0 Å². The first-order chi connectivity index (χ1) is 37.7. The molecule has 15 rings (SSSR count). The van der Waals surface area contributed by atoms with Gasteiger partial charge in [-0.25, -0.2) is 0 Å². The van der Waals surface area contributed by atoms with Crippen LogP contribution in [0.25, 0.3) is 82.4 Å². The molecule has 0 N–H and O–H groups in total. The number of aromatic nitrogens is 1. The summed E-state index contributed by atoms with van der Waals surface area (Å²) in [5.41, 5.74) is 22.6. The fourth-order valence-electron chi connectivity index (χ4n) is 13.4. The van der Waals surface area contributed by atoms with Crippen molar-refractivity contribution >= 4 is 77.5 Å². The lowest BCUT2D eigenvalue weighted by molar-refractivity contribution is 0.660. The molecule has 0 saturated carbocycles. The number of hydrogen-bond donors (Lipinski definition) is 0. The number of nitrogens with zero attached hydrogens (tertiary/aromatic N) is 3. The summed E-state index contributed by atoms with van der Waals surface area (Å²) in [6.45, 7) is 9.49. The molecular formula is C74H55N3. The Morgan fingerprint density at radius 2 is 0.727 bits per heavy atom. The lowest BCUT2D eigenvalue weighted by atomic mass is 9.82. The maximum Gasteiger partial charge on any atom is 0.0625 e. The summed E-state index contributed by atoms with van der Waals surface area (Å²) in [6, 6.07) is 97.1. The first-order valence-corrected chi connectivity index (χ1v) is 27.0. The zero-order valence-electron chi connectivity index (χ0n) is 43.7. The second kappa shape index (κ2) is 17.0. The van der Waals surface area contributed by atoms with E-state index >= 15 is 0 Å². The molecule has 0 bridgehead atoms. The third kappa shape index (κ3) is 6.83. The molecule has 2 aliphatic carbocycles. The highest BCUT2D eigenvalue weighted by Gasteiger charge is 2.37. The molecule has 0 radical (unpaired) electrons. The molecular weight excluding hydrogens is 931 g/mol. The standard InChI is InChI=1S/C74H55N3/c1-73(2)66-34-20-18-30-59(66)61-39-37-53(46-68(61)73)75(50-22-8-5-9-23-50)55-42-49(43-56(45-55)76(51-24-10-6-11-25-51)54-38-40-62-60-31-19-21-35-67(60)74(3,4)69(62)47-54)48-36-41-70-65(44-48)71-63-32-16-14-28-57(63)58-29-15-17-33-64(58)72(71)77(70)52-26-12-7-13-27-52/h5-47H,1-4H3. The molecule has 1 heterocycles. The summed E-state index contributed by atoms with van der Waals surface area (Å²) in [5, 5.41) is 7.49. The summed E-state index contributed by atoms with van der Waals surface area (Å²) >= 11 is 0. The molecule has 0 amide bonds. The van der Waals surface area contributed by atoms with Crippen molar-refractivity contribution in [2.45, 2.75) is 38.5 Å². The Morgan fingerprint density at radius 3 is 1.27 bits per heavy atom. The molecule has 366 valence electrons. The van der Waals surface area contributed by atoms with E-state index in [1.54, 1.807) is 0 Å². The molecule has 12 aromatic carbocycles. The van der Waals surface area contributed by atoms with E-state index in [1.165, 1.54) is 87.9 Å². The van der Waals surface area contributed by atoms with Crippen LogP contribution in [0, 0.1) is 0 Å². The Balaban J connectivity index is 1.01. The van der Waals surface area contributed by atoms with Crippen LogP contribution >= 0.6 is 0 Å². The van der Waals surface area contributed by atoms with Gasteiger partial charge in [0.25, 0.3) is 0 Å². The number of anilines is 6. The van der Waals surface area contributed by atoms with E-state index < -0.39 is 0 Å². The summed E-state index contributed by atoms with van der Waals surface area (Å²) in [6.07, 6.45) is 0. The van der Waals surface area contributed by atoms with Crippen molar-refractivity contribution in [3.05, 3.63) is 283 Å². The smallest absolute Gasteiger partial charge is 0.0625 e. The second-order valence-corrected chi connectivity index (χ2v) is 22.1. The minimum atomic E-state index is -0.174. The Bertz CT molecular complexity index is 4340. The predicted molar refractivity (Wildman–Crippen MR) is 326 cm³/mol. The van der Waals surface area contributed by atoms with Gasteiger partial charge >= 0.3 is 0 Å². The third-order valence-electron chi connectivity index (χ3n) is 17.1. The average molecular weight is 986 g/mol. The van der Waals surface area contributed by atoms with Crippen molar-refractivity contribution in [1.82, 2.24) is 4.57 Å². The van der Waals surface area contributed by atoms with Gasteiger partial charge in [0.15, 0.2) is 0 Å². The SMILES string of the molecule is CC1(C)c2ccccc2-c2ccc(N(c3ccccc3)c3cc(-c4ccc5c(c4)c4c6ccccc6c6ccccc6c4n5-c4ccccc4)cc(N(c4ccccc4)c4ccc5c(c4)C(C)(C)c4ccccc4-5)c3)cc21. The largest absolute Gasteiger partial charge is 0.310 e. The van der Waals surface area contributed by atoms with Crippen LogP contribution in [0.4, 0.5) is 34.1 Å². The molecule has 0 aliphatic heterocycles. The number of fused-ring (bicyclic) bond motifs is 14. The van der Waals surface area contributed by atoms with E-state index in [9.17, 15) is 0 Å². The summed E-state index contributed by atoms with van der Waals surface area (Å²) < 4.78 is 2.49. The van der Waals surface area contributed by atoms with Crippen LogP contribution in [0.3, 0.4) is 0 Å². The highest BCUT2D eigenvalue weighted by Crippen LogP contribution is 2.54. The van der Waals surface area contributed by atoms with Gasteiger partial charge in [0.05, 0.1) is 11.0 Å². The lowest BCUT2D eigenvalue weighted by Gasteiger charge is -2.32. The molecule has 0 unspecified atom stereocenters.